The molecule has 2 unspecified atom stereocenters. The average Bonchev–Trinajstić information content (AvgIpc) is 2.57. The van der Waals surface area contributed by atoms with E-state index in [1.54, 1.807) is 0 Å². The van der Waals surface area contributed by atoms with Crippen molar-refractivity contribution < 1.29 is 23.7 Å². The summed E-state index contributed by atoms with van der Waals surface area (Å²) in [6, 6.07) is 0. The number of hydrogen-bond acceptors (Lipinski definition) is 5. The molecule has 0 rings (SSSR count). The van der Waals surface area contributed by atoms with E-state index in [0.717, 1.165) is 64.6 Å². The lowest BCUT2D eigenvalue weighted by molar-refractivity contribution is 0.000207. The zero-order valence-electron chi connectivity index (χ0n) is 16.2. The van der Waals surface area contributed by atoms with E-state index < -0.39 is 6.16 Å². The van der Waals surface area contributed by atoms with Gasteiger partial charge in [-0.2, -0.15) is 0 Å². The minimum absolute atomic E-state index is 0.166. The van der Waals surface area contributed by atoms with E-state index in [9.17, 15) is 4.79 Å². The monoisotopic (exact) mass is 346 g/mol. The maximum atomic E-state index is 11.6. The molecule has 0 aliphatic carbocycles. The molecule has 5 heteroatoms. The highest BCUT2D eigenvalue weighted by Crippen LogP contribution is 2.10. The van der Waals surface area contributed by atoms with Crippen molar-refractivity contribution in [2.45, 2.75) is 91.3 Å². The molecule has 0 aromatic heterocycles. The fourth-order valence-corrected chi connectivity index (χ4v) is 2.42. The van der Waals surface area contributed by atoms with Gasteiger partial charge < -0.3 is 18.9 Å². The van der Waals surface area contributed by atoms with E-state index in [-0.39, 0.29) is 12.2 Å². The highest BCUT2D eigenvalue weighted by Gasteiger charge is 2.12. The molecule has 0 saturated carbocycles. The van der Waals surface area contributed by atoms with E-state index in [1.165, 1.54) is 0 Å². The standard InChI is InChI=1S/C19H38O5/c1-5-9-17(21-13-7-3)11-15-23-19(20)24-16-12-18(10-6-2)22-14-8-4/h17-18H,5-16H2,1-4H3. The van der Waals surface area contributed by atoms with Crippen molar-refractivity contribution in [3.05, 3.63) is 0 Å². The molecule has 0 saturated heterocycles. The second kappa shape index (κ2) is 17.0. The van der Waals surface area contributed by atoms with Gasteiger partial charge in [-0.3, -0.25) is 0 Å². The number of hydrogen-bond donors (Lipinski definition) is 0. The molecule has 0 bridgehead atoms. The molecule has 0 amide bonds. The Morgan fingerprint density at radius 1 is 0.625 bits per heavy atom. The SMILES string of the molecule is CCCOC(CCC)CCOC(=O)OCCC(CCC)OCCC. The molecule has 2 atom stereocenters. The van der Waals surface area contributed by atoms with Crippen LogP contribution in [0.3, 0.4) is 0 Å². The molecule has 0 aliphatic heterocycles. The first-order valence-corrected chi connectivity index (χ1v) is 9.70. The van der Waals surface area contributed by atoms with Crippen LogP contribution in [0.4, 0.5) is 4.79 Å². The van der Waals surface area contributed by atoms with E-state index >= 15 is 0 Å². The van der Waals surface area contributed by atoms with Crippen LogP contribution in [0.5, 0.6) is 0 Å². The van der Waals surface area contributed by atoms with E-state index in [2.05, 4.69) is 27.7 Å². The molecule has 0 N–H and O–H groups in total. The molecular weight excluding hydrogens is 308 g/mol. The number of carbonyl (C=O) groups excluding carboxylic acids is 1. The Hall–Kier alpha value is -0.810. The normalized spacial score (nSPS) is 13.5. The highest BCUT2D eigenvalue weighted by atomic mass is 16.7. The third-order valence-corrected chi connectivity index (χ3v) is 3.66. The Morgan fingerprint density at radius 3 is 1.38 bits per heavy atom. The first-order valence-electron chi connectivity index (χ1n) is 9.70. The summed E-state index contributed by atoms with van der Waals surface area (Å²) in [6.45, 7) is 10.6. The summed E-state index contributed by atoms with van der Waals surface area (Å²) in [5.74, 6) is 0. The Morgan fingerprint density at radius 2 is 1.04 bits per heavy atom. The van der Waals surface area contributed by atoms with Crippen molar-refractivity contribution in [1.82, 2.24) is 0 Å². The van der Waals surface area contributed by atoms with Crippen molar-refractivity contribution in [3.63, 3.8) is 0 Å². The Kier molecular flexibility index (Phi) is 16.5. The molecule has 5 nitrogen and oxygen atoms in total. The van der Waals surface area contributed by atoms with Crippen molar-refractivity contribution in [1.29, 1.82) is 0 Å². The lowest BCUT2D eigenvalue weighted by atomic mass is 10.1. The smallest absolute Gasteiger partial charge is 0.434 e. The van der Waals surface area contributed by atoms with Crippen molar-refractivity contribution in [3.8, 4) is 0 Å². The van der Waals surface area contributed by atoms with Crippen LogP contribution < -0.4 is 0 Å². The molecule has 0 aliphatic rings. The van der Waals surface area contributed by atoms with Crippen LogP contribution in [0.25, 0.3) is 0 Å². The molecule has 0 spiro atoms. The largest absolute Gasteiger partial charge is 0.508 e. The third kappa shape index (κ3) is 13.6. The van der Waals surface area contributed by atoms with Crippen molar-refractivity contribution >= 4 is 6.16 Å². The first-order chi connectivity index (χ1) is 11.7. The van der Waals surface area contributed by atoms with Crippen LogP contribution in [0, 0.1) is 0 Å². The van der Waals surface area contributed by atoms with E-state index in [1.807, 2.05) is 0 Å². The van der Waals surface area contributed by atoms with Crippen molar-refractivity contribution in [2.75, 3.05) is 26.4 Å². The highest BCUT2D eigenvalue weighted by molar-refractivity contribution is 5.59. The summed E-state index contributed by atoms with van der Waals surface area (Å²) in [7, 11) is 0. The predicted octanol–water partition coefficient (Wildman–Crippen LogP) is 5.11. The van der Waals surface area contributed by atoms with Gasteiger partial charge in [0.15, 0.2) is 0 Å². The predicted molar refractivity (Wildman–Crippen MR) is 96.4 cm³/mol. The zero-order chi connectivity index (χ0) is 18.0. The Labute approximate surface area is 148 Å². The summed E-state index contributed by atoms with van der Waals surface area (Å²) in [6.07, 6.45) is 7.30. The van der Waals surface area contributed by atoms with Gasteiger partial charge in [0, 0.05) is 26.1 Å². The van der Waals surface area contributed by atoms with Gasteiger partial charge in [0.2, 0.25) is 0 Å². The molecule has 0 fully saturated rings. The van der Waals surface area contributed by atoms with E-state index in [4.69, 9.17) is 18.9 Å². The zero-order valence-corrected chi connectivity index (χ0v) is 16.2. The van der Waals surface area contributed by atoms with Crippen LogP contribution in [0.15, 0.2) is 0 Å². The van der Waals surface area contributed by atoms with Crippen LogP contribution in [-0.4, -0.2) is 44.8 Å². The summed E-state index contributed by atoms with van der Waals surface area (Å²) in [4.78, 5) is 11.6. The second-order valence-electron chi connectivity index (χ2n) is 6.09. The van der Waals surface area contributed by atoms with E-state index in [0.29, 0.717) is 13.2 Å². The summed E-state index contributed by atoms with van der Waals surface area (Å²) >= 11 is 0. The van der Waals surface area contributed by atoms with Gasteiger partial charge in [0.25, 0.3) is 0 Å². The van der Waals surface area contributed by atoms with Crippen LogP contribution in [-0.2, 0) is 18.9 Å². The summed E-state index contributed by atoms with van der Waals surface area (Å²) in [5.41, 5.74) is 0. The third-order valence-electron chi connectivity index (χ3n) is 3.66. The molecule has 0 aromatic carbocycles. The van der Waals surface area contributed by atoms with Crippen LogP contribution in [0.1, 0.15) is 79.1 Å². The lowest BCUT2D eigenvalue weighted by Gasteiger charge is -2.18. The molecule has 24 heavy (non-hydrogen) atoms. The summed E-state index contributed by atoms with van der Waals surface area (Å²) in [5, 5.41) is 0. The fraction of sp³-hybridized carbons (Fsp3) is 0.947. The van der Waals surface area contributed by atoms with Gasteiger partial charge in [-0.25, -0.2) is 4.79 Å². The maximum absolute atomic E-state index is 11.6. The summed E-state index contributed by atoms with van der Waals surface area (Å²) < 4.78 is 21.8. The Balaban J connectivity index is 3.82. The van der Waals surface area contributed by atoms with Gasteiger partial charge >= 0.3 is 6.16 Å². The minimum Gasteiger partial charge on any atom is -0.434 e. The first kappa shape index (κ1) is 23.2. The van der Waals surface area contributed by atoms with Crippen LogP contribution in [0.2, 0.25) is 0 Å². The molecule has 0 aromatic rings. The average molecular weight is 347 g/mol. The Bertz CT molecular complexity index is 257. The fourth-order valence-electron chi connectivity index (χ4n) is 2.42. The second-order valence-corrected chi connectivity index (χ2v) is 6.09. The quantitative estimate of drug-likeness (QED) is 0.363. The molecule has 0 radical (unpaired) electrons. The maximum Gasteiger partial charge on any atom is 0.508 e. The molecular formula is C19H38O5. The number of carbonyl (C=O) groups is 1. The van der Waals surface area contributed by atoms with Gasteiger partial charge in [-0.05, 0) is 25.7 Å². The van der Waals surface area contributed by atoms with Gasteiger partial charge in [-0.15, -0.1) is 0 Å². The molecule has 0 heterocycles. The number of rotatable bonds is 16. The number of ether oxygens (including phenoxy) is 4. The van der Waals surface area contributed by atoms with Crippen molar-refractivity contribution in [2.24, 2.45) is 0 Å². The van der Waals surface area contributed by atoms with Gasteiger partial charge in [0.05, 0.1) is 25.4 Å². The van der Waals surface area contributed by atoms with Crippen LogP contribution >= 0.6 is 0 Å². The lowest BCUT2D eigenvalue weighted by Crippen LogP contribution is -2.20. The topological polar surface area (TPSA) is 54.0 Å². The van der Waals surface area contributed by atoms with Gasteiger partial charge in [0.1, 0.15) is 0 Å². The molecule has 144 valence electrons. The minimum atomic E-state index is -0.591. The van der Waals surface area contributed by atoms with Gasteiger partial charge in [-0.1, -0.05) is 40.5 Å².